The Hall–Kier alpha value is -1.88. The summed E-state index contributed by atoms with van der Waals surface area (Å²) in [6, 6.07) is 5.69. The Balaban J connectivity index is 1.46. The van der Waals surface area contributed by atoms with E-state index in [1.165, 1.54) is 17.5 Å². The van der Waals surface area contributed by atoms with Crippen molar-refractivity contribution in [2.24, 2.45) is 0 Å². The van der Waals surface area contributed by atoms with E-state index < -0.39 is 5.97 Å². The second-order valence-corrected chi connectivity index (χ2v) is 6.21. The lowest BCUT2D eigenvalue weighted by molar-refractivity contribution is -0.124. The number of carbonyl (C=O) groups is 2. The molecule has 1 saturated heterocycles. The minimum absolute atomic E-state index is 0.0929. The molecule has 5 nitrogen and oxygen atoms in total. The van der Waals surface area contributed by atoms with Crippen LogP contribution in [0.25, 0.3) is 0 Å². The maximum absolute atomic E-state index is 12.1. The molecular weight excluding hydrogens is 294 g/mol. The number of hydrogen-bond acceptors (Lipinski definition) is 4. The molecule has 1 aromatic carbocycles. The molecule has 0 spiro atoms. The van der Waals surface area contributed by atoms with Crippen molar-refractivity contribution in [2.75, 3.05) is 19.8 Å². The Morgan fingerprint density at radius 1 is 1.17 bits per heavy atom. The molecule has 0 bridgehead atoms. The van der Waals surface area contributed by atoms with E-state index in [1.807, 2.05) is 12.1 Å². The number of fused-ring (bicyclic) bond motifs is 1. The Morgan fingerprint density at radius 2 is 2.00 bits per heavy atom. The number of benzene rings is 1. The zero-order valence-corrected chi connectivity index (χ0v) is 13.3. The summed E-state index contributed by atoms with van der Waals surface area (Å²) in [6.07, 6.45) is 6.56. The molecule has 1 heterocycles. The van der Waals surface area contributed by atoms with Crippen molar-refractivity contribution in [2.45, 2.75) is 44.6 Å². The Labute approximate surface area is 136 Å². The second-order valence-electron chi connectivity index (χ2n) is 6.21. The molecule has 0 saturated carbocycles. The molecule has 3 rings (SSSR count). The summed E-state index contributed by atoms with van der Waals surface area (Å²) >= 11 is 0. The fourth-order valence-corrected chi connectivity index (χ4v) is 3.16. The summed E-state index contributed by atoms with van der Waals surface area (Å²) in [5.74, 6) is -0.725. The van der Waals surface area contributed by atoms with E-state index in [9.17, 15) is 9.59 Å². The van der Waals surface area contributed by atoms with Gasteiger partial charge in [-0.3, -0.25) is 4.79 Å². The van der Waals surface area contributed by atoms with Gasteiger partial charge < -0.3 is 14.8 Å². The largest absolute Gasteiger partial charge is 0.452 e. The van der Waals surface area contributed by atoms with Gasteiger partial charge in [0.1, 0.15) is 0 Å². The van der Waals surface area contributed by atoms with Gasteiger partial charge in [0.25, 0.3) is 5.91 Å². The fourth-order valence-electron chi connectivity index (χ4n) is 3.16. The van der Waals surface area contributed by atoms with Gasteiger partial charge in [0.15, 0.2) is 6.61 Å². The molecule has 0 aromatic heterocycles. The monoisotopic (exact) mass is 317 g/mol. The topological polar surface area (TPSA) is 64.6 Å². The third-order valence-electron chi connectivity index (χ3n) is 4.47. The van der Waals surface area contributed by atoms with Crippen LogP contribution in [0.4, 0.5) is 0 Å². The molecule has 0 radical (unpaired) electrons. The van der Waals surface area contributed by atoms with Crippen molar-refractivity contribution in [3.63, 3.8) is 0 Å². The minimum Gasteiger partial charge on any atom is -0.452 e. The number of carbonyl (C=O) groups excluding carboxylic acids is 2. The molecule has 1 amide bonds. The number of aryl methyl sites for hydroxylation is 2. The predicted molar refractivity (Wildman–Crippen MR) is 85.4 cm³/mol. The van der Waals surface area contributed by atoms with E-state index in [2.05, 4.69) is 5.32 Å². The summed E-state index contributed by atoms with van der Waals surface area (Å²) in [5.41, 5.74) is 3.08. The van der Waals surface area contributed by atoms with E-state index >= 15 is 0 Å². The number of ether oxygens (including phenoxy) is 2. The van der Waals surface area contributed by atoms with Gasteiger partial charge in [-0.25, -0.2) is 4.79 Å². The smallest absolute Gasteiger partial charge is 0.338 e. The van der Waals surface area contributed by atoms with Crippen LogP contribution in [0.2, 0.25) is 0 Å². The number of hydrogen-bond donors (Lipinski definition) is 1. The Bertz CT molecular complexity index is 578. The van der Waals surface area contributed by atoms with Crippen LogP contribution in [0.15, 0.2) is 18.2 Å². The van der Waals surface area contributed by atoms with Gasteiger partial charge in [-0.2, -0.15) is 0 Å². The molecular formula is C18H23NO4. The van der Waals surface area contributed by atoms with E-state index in [0.717, 1.165) is 38.7 Å². The standard InChI is InChI=1S/C18H23NO4/c20-17(19-11-16-6-3-9-22-16)12-23-18(21)15-8-7-13-4-1-2-5-14(13)10-15/h7-8,10,16H,1-6,9,11-12H2,(H,19,20)/t16-/m0/s1. The molecule has 1 aliphatic carbocycles. The van der Waals surface area contributed by atoms with Gasteiger partial charge in [-0.05, 0) is 61.8 Å². The van der Waals surface area contributed by atoms with Gasteiger partial charge in [0, 0.05) is 13.2 Å². The van der Waals surface area contributed by atoms with Crippen LogP contribution in [-0.4, -0.2) is 37.7 Å². The summed E-state index contributed by atoms with van der Waals surface area (Å²) < 4.78 is 10.5. The van der Waals surface area contributed by atoms with Crippen molar-refractivity contribution in [3.8, 4) is 0 Å². The third kappa shape index (κ3) is 4.32. The van der Waals surface area contributed by atoms with Crippen molar-refractivity contribution < 1.29 is 19.1 Å². The van der Waals surface area contributed by atoms with Crippen LogP contribution in [-0.2, 0) is 27.1 Å². The van der Waals surface area contributed by atoms with Crippen LogP contribution in [0.3, 0.4) is 0 Å². The van der Waals surface area contributed by atoms with Crippen molar-refractivity contribution in [1.29, 1.82) is 0 Å². The van der Waals surface area contributed by atoms with Gasteiger partial charge in [0.2, 0.25) is 0 Å². The highest BCUT2D eigenvalue weighted by molar-refractivity contribution is 5.91. The Morgan fingerprint density at radius 3 is 2.78 bits per heavy atom. The molecule has 1 aromatic rings. The lowest BCUT2D eigenvalue weighted by atomic mass is 9.90. The molecule has 0 unspecified atom stereocenters. The Kier molecular flexibility index (Phi) is 5.28. The van der Waals surface area contributed by atoms with Crippen molar-refractivity contribution >= 4 is 11.9 Å². The van der Waals surface area contributed by atoms with Crippen LogP contribution >= 0.6 is 0 Å². The van der Waals surface area contributed by atoms with Gasteiger partial charge in [0.05, 0.1) is 11.7 Å². The zero-order chi connectivity index (χ0) is 16.1. The molecule has 1 aliphatic heterocycles. The first-order chi connectivity index (χ1) is 11.2. The van der Waals surface area contributed by atoms with Crippen molar-refractivity contribution in [3.05, 3.63) is 34.9 Å². The summed E-state index contributed by atoms with van der Waals surface area (Å²) in [4.78, 5) is 23.8. The number of amides is 1. The fraction of sp³-hybridized carbons (Fsp3) is 0.556. The van der Waals surface area contributed by atoms with E-state index in [-0.39, 0.29) is 18.6 Å². The van der Waals surface area contributed by atoms with Crippen molar-refractivity contribution in [1.82, 2.24) is 5.32 Å². The second kappa shape index (κ2) is 7.59. The lowest BCUT2D eigenvalue weighted by Gasteiger charge is -2.16. The quantitative estimate of drug-likeness (QED) is 0.844. The highest BCUT2D eigenvalue weighted by Gasteiger charge is 2.17. The number of rotatable bonds is 5. The van der Waals surface area contributed by atoms with Gasteiger partial charge in [-0.15, -0.1) is 0 Å². The van der Waals surface area contributed by atoms with E-state index in [1.54, 1.807) is 6.07 Å². The maximum atomic E-state index is 12.1. The van der Waals surface area contributed by atoms with Crippen LogP contribution in [0.1, 0.15) is 47.2 Å². The first-order valence-corrected chi connectivity index (χ1v) is 8.39. The van der Waals surface area contributed by atoms with Crippen LogP contribution in [0, 0.1) is 0 Å². The summed E-state index contributed by atoms with van der Waals surface area (Å²) in [5, 5.41) is 2.74. The van der Waals surface area contributed by atoms with Crippen LogP contribution < -0.4 is 5.32 Å². The summed E-state index contributed by atoms with van der Waals surface area (Å²) in [6.45, 7) is 0.992. The minimum atomic E-state index is -0.439. The average Bonchev–Trinajstić information content (AvgIpc) is 3.11. The van der Waals surface area contributed by atoms with E-state index in [4.69, 9.17) is 9.47 Å². The third-order valence-corrected chi connectivity index (χ3v) is 4.47. The van der Waals surface area contributed by atoms with Crippen LogP contribution in [0.5, 0.6) is 0 Å². The lowest BCUT2D eigenvalue weighted by Crippen LogP contribution is -2.34. The average molecular weight is 317 g/mol. The molecule has 1 atom stereocenters. The highest BCUT2D eigenvalue weighted by Crippen LogP contribution is 2.22. The highest BCUT2D eigenvalue weighted by atomic mass is 16.5. The molecule has 23 heavy (non-hydrogen) atoms. The molecule has 5 heteroatoms. The zero-order valence-electron chi connectivity index (χ0n) is 13.3. The molecule has 124 valence electrons. The van der Waals surface area contributed by atoms with Gasteiger partial charge >= 0.3 is 5.97 Å². The first-order valence-electron chi connectivity index (χ1n) is 8.39. The van der Waals surface area contributed by atoms with Gasteiger partial charge in [-0.1, -0.05) is 6.07 Å². The molecule has 1 N–H and O–H groups in total. The number of esters is 1. The predicted octanol–water partition coefficient (Wildman–Crippen LogP) is 2.02. The molecule has 2 aliphatic rings. The SMILES string of the molecule is O=C(COC(=O)c1ccc2c(c1)CCCC2)NC[C@@H]1CCCO1. The normalized spacial score (nSPS) is 19.9. The first kappa shape index (κ1) is 16.0. The maximum Gasteiger partial charge on any atom is 0.338 e. The molecule has 1 fully saturated rings. The van der Waals surface area contributed by atoms with E-state index in [0.29, 0.717) is 12.1 Å². The number of nitrogens with one attached hydrogen (secondary N) is 1. The summed E-state index contributed by atoms with van der Waals surface area (Å²) in [7, 11) is 0.